The SMILES string of the molecule is CC(CCNc1ccc2nccnc2n1)C(=O)O. The standard InChI is InChI=1S/C12H14N4O2/c1-8(12(17)18)4-5-14-10-3-2-9-11(16-10)15-7-6-13-9/h2-3,6-8H,4-5H2,1H3,(H,17,18)(H,14,15,16). The van der Waals surface area contributed by atoms with Gasteiger partial charge >= 0.3 is 5.97 Å². The number of fused-ring (bicyclic) bond motifs is 1. The molecule has 0 radical (unpaired) electrons. The monoisotopic (exact) mass is 246 g/mol. The first-order chi connectivity index (χ1) is 8.66. The predicted molar refractivity (Wildman–Crippen MR) is 67.2 cm³/mol. The van der Waals surface area contributed by atoms with Gasteiger partial charge in [-0.1, -0.05) is 6.92 Å². The van der Waals surface area contributed by atoms with Crippen molar-refractivity contribution in [3.8, 4) is 0 Å². The third-order valence-electron chi connectivity index (χ3n) is 2.64. The molecule has 0 aliphatic rings. The molecule has 0 aliphatic carbocycles. The summed E-state index contributed by atoms with van der Waals surface area (Å²) in [5.41, 5.74) is 1.32. The Hall–Kier alpha value is -2.24. The Morgan fingerprint density at radius 3 is 2.94 bits per heavy atom. The zero-order chi connectivity index (χ0) is 13.0. The number of carbonyl (C=O) groups is 1. The van der Waals surface area contributed by atoms with Gasteiger partial charge in [-0.2, -0.15) is 0 Å². The first-order valence-corrected chi connectivity index (χ1v) is 5.71. The third kappa shape index (κ3) is 2.91. The van der Waals surface area contributed by atoms with Crippen LogP contribution >= 0.6 is 0 Å². The number of pyridine rings is 1. The molecule has 0 saturated carbocycles. The molecule has 2 N–H and O–H groups in total. The molecule has 0 amide bonds. The summed E-state index contributed by atoms with van der Waals surface area (Å²) in [5.74, 6) is -0.465. The van der Waals surface area contributed by atoms with E-state index in [0.717, 1.165) is 5.52 Å². The second-order valence-corrected chi connectivity index (χ2v) is 4.05. The summed E-state index contributed by atoms with van der Waals surface area (Å²) >= 11 is 0. The Bertz CT molecular complexity index is 559. The van der Waals surface area contributed by atoms with Gasteiger partial charge in [-0.15, -0.1) is 0 Å². The molecule has 6 heteroatoms. The molecule has 18 heavy (non-hydrogen) atoms. The van der Waals surface area contributed by atoms with Crippen molar-refractivity contribution in [2.24, 2.45) is 5.92 Å². The van der Waals surface area contributed by atoms with Crippen molar-refractivity contribution < 1.29 is 9.90 Å². The molecule has 0 bridgehead atoms. The zero-order valence-corrected chi connectivity index (χ0v) is 10.00. The van der Waals surface area contributed by atoms with Gasteiger partial charge in [0, 0.05) is 18.9 Å². The second-order valence-electron chi connectivity index (χ2n) is 4.05. The van der Waals surface area contributed by atoms with Gasteiger partial charge in [0.15, 0.2) is 5.65 Å². The summed E-state index contributed by atoms with van der Waals surface area (Å²) in [4.78, 5) is 23.2. The normalized spacial score (nSPS) is 12.3. The minimum Gasteiger partial charge on any atom is -0.481 e. The van der Waals surface area contributed by atoms with Crippen LogP contribution in [0.4, 0.5) is 5.82 Å². The summed E-state index contributed by atoms with van der Waals surface area (Å²) < 4.78 is 0. The van der Waals surface area contributed by atoms with Crippen molar-refractivity contribution in [1.29, 1.82) is 0 Å². The van der Waals surface area contributed by atoms with Crippen LogP contribution in [-0.4, -0.2) is 32.6 Å². The van der Waals surface area contributed by atoms with Crippen LogP contribution < -0.4 is 5.32 Å². The molecule has 2 rings (SSSR count). The van der Waals surface area contributed by atoms with Crippen LogP contribution in [0.15, 0.2) is 24.5 Å². The van der Waals surface area contributed by atoms with Gasteiger partial charge in [0.2, 0.25) is 0 Å². The quantitative estimate of drug-likeness (QED) is 0.832. The Kier molecular flexibility index (Phi) is 3.66. The fourth-order valence-corrected chi connectivity index (χ4v) is 1.49. The fraction of sp³-hybridized carbons (Fsp3) is 0.333. The predicted octanol–water partition coefficient (Wildman–Crippen LogP) is 1.55. The highest BCUT2D eigenvalue weighted by atomic mass is 16.4. The van der Waals surface area contributed by atoms with E-state index >= 15 is 0 Å². The molecule has 0 spiro atoms. The second kappa shape index (κ2) is 5.39. The lowest BCUT2D eigenvalue weighted by molar-refractivity contribution is -0.141. The summed E-state index contributed by atoms with van der Waals surface area (Å²) in [6.45, 7) is 2.25. The Balaban J connectivity index is 1.98. The summed E-state index contributed by atoms with van der Waals surface area (Å²) in [6.07, 6.45) is 3.76. The van der Waals surface area contributed by atoms with E-state index in [-0.39, 0.29) is 5.92 Å². The summed E-state index contributed by atoms with van der Waals surface area (Å²) in [6, 6.07) is 3.64. The number of hydrogen-bond acceptors (Lipinski definition) is 5. The topological polar surface area (TPSA) is 88.0 Å². The number of hydrogen-bond donors (Lipinski definition) is 2. The van der Waals surface area contributed by atoms with E-state index in [4.69, 9.17) is 5.11 Å². The number of anilines is 1. The molecule has 0 fully saturated rings. The lowest BCUT2D eigenvalue weighted by Crippen LogP contribution is -2.14. The van der Waals surface area contributed by atoms with Crippen molar-refractivity contribution in [1.82, 2.24) is 15.0 Å². The number of nitrogens with zero attached hydrogens (tertiary/aromatic N) is 3. The van der Waals surface area contributed by atoms with Crippen molar-refractivity contribution >= 4 is 23.0 Å². The van der Waals surface area contributed by atoms with Crippen LogP contribution in [0.5, 0.6) is 0 Å². The van der Waals surface area contributed by atoms with Gasteiger partial charge < -0.3 is 10.4 Å². The lowest BCUT2D eigenvalue weighted by Gasteiger charge is -2.08. The van der Waals surface area contributed by atoms with Crippen LogP contribution in [0.2, 0.25) is 0 Å². The van der Waals surface area contributed by atoms with Gasteiger partial charge in [0.25, 0.3) is 0 Å². The molecule has 0 aliphatic heterocycles. The molecular weight excluding hydrogens is 232 g/mol. The Morgan fingerprint density at radius 2 is 2.17 bits per heavy atom. The molecule has 1 atom stereocenters. The number of aromatic nitrogens is 3. The van der Waals surface area contributed by atoms with Crippen molar-refractivity contribution in [3.63, 3.8) is 0 Å². The van der Waals surface area contributed by atoms with Gasteiger partial charge in [-0.25, -0.2) is 9.97 Å². The fourth-order valence-electron chi connectivity index (χ4n) is 1.49. The van der Waals surface area contributed by atoms with Crippen molar-refractivity contribution in [3.05, 3.63) is 24.5 Å². The highest BCUT2D eigenvalue weighted by molar-refractivity contribution is 5.71. The molecular formula is C12H14N4O2. The van der Waals surface area contributed by atoms with E-state index < -0.39 is 5.97 Å². The summed E-state index contributed by atoms with van der Waals surface area (Å²) in [5, 5.41) is 11.8. The van der Waals surface area contributed by atoms with Gasteiger partial charge in [0.1, 0.15) is 11.3 Å². The Labute approximate surface area is 104 Å². The minimum atomic E-state index is -0.783. The first-order valence-electron chi connectivity index (χ1n) is 5.71. The van der Waals surface area contributed by atoms with E-state index in [0.29, 0.717) is 24.4 Å². The average molecular weight is 246 g/mol. The van der Waals surface area contributed by atoms with Crippen LogP contribution in [0.3, 0.4) is 0 Å². The van der Waals surface area contributed by atoms with Crippen molar-refractivity contribution in [2.45, 2.75) is 13.3 Å². The molecule has 6 nitrogen and oxygen atoms in total. The van der Waals surface area contributed by atoms with Crippen molar-refractivity contribution in [2.75, 3.05) is 11.9 Å². The van der Waals surface area contributed by atoms with E-state index in [1.807, 2.05) is 12.1 Å². The van der Waals surface area contributed by atoms with Crippen LogP contribution in [0, 0.1) is 5.92 Å². The highest BCUT2D eigenvalue weighted by Gasteiger charge is 2.09. The zero-order valence-electron chi connectivity index (χ0n) is 10.00. The van der Waals surface area contributed by atoms with E-state index in [2.05, 4.69) is 20.3 Å². The molecule has 0 saturated heterocycles. The van der Waals surface area contributed by atoms with Gasteiger partial charge in [-0.3, -0.25) is 9.78 Å². The molecule has 1 unspecified atom stereocenters. The summed E-state index contributed by atoms with van der Waals surface area (Å²) in [7, 11) is 0. The smallest absolute Gasteiger partial charge is 0.306 e. The van der Waals surface area contributed by atoms with Crippen LogP contribution in [0.25, 0.3) is 11.2 Å². The number of rotatable bonds is 5. The Morgan fingerprint density at radius 1 is 1.39 bits per heavy atom. The van der Waals surface area contributed by atoms with Crippen LogP contribution in [0.1, 0.15) is 13.3 Å². The van der Waals surface area contributed by atoms with Gasteiger partial charge in [-0.05, 0) is 18.6 Å². The average Bonchev–Trinajstić information content (AvgIpc) is 2.38. The molecule has 2 heterocycles. The molecule has 0 aromatic carbocycles. The van der Waals surface area contributed by atoms with E-state index in [1.165, 1.54) is 0 Å². The lowest BCUT2D eigenvalue weighted by atomic mass is 10.1. The first kappa shape index (κ1) is 12.2. The van der Waals surface area contributed by atoms with E-state index in [9.17, 15) is 4.79 Å². The number of carboxylic acid groups (broad SMARTS) is 1. The minimum absolute atomic E-state index is 0.363. The number of aliphatic carboxylic acids is 1. The maximum Gasteiger partial charge on any atom is 0.306 e. The maximum atomic E-state index is 10.7. The van der Waals surface area contributed by atoms with Crippen LogP contribution in [-0.2, 0) is 4.79 Å². The highest BCUT2D eigenvalue weighted by Crippen LogP contribution is 2.10. The van der Waals surface area contributed by atoms with E-state index in [1.54, 1.807) is 19.3 Å². The largest absolute Gasteiger partial charge is 0.481 e. The van der Waals surface area contributed by atoms with Gasteiger partial charge in [0.05, 0.1) is 5.92 Å². The number of carboxylic acids is 1. The molecule has 2 aromatic heterocycles. The molecule has 94 valence electrons. The molecule has 2 aromatic rings. The maximum absolute atomic E-state index is 10.7. The number of nitrogens with one attached hydrogen (secondary N) is 1. The third-order valence-corrected chi connectivity index (χ3v) is 2.64.